The van der Waals surface area contributed by atoms with Crippen LogP contribution in [-0.4, -0.2) is 88.7 Å². The molecule has 3 atom stereocenters. The number of rotatable bonds is 6. The predicted octanol–water partition coefficient (Wildman–Crippen LogP) is 5.54. The van der Waals surface area contributed by atoms with E-state index in [4.69, 9.17) is 23.2 Å². The van der Waals surface area contributed by atoms with Crippen LogP contribution in [0.15, 0.2) is 71.7 Å². The minimum Gasteiger partial charge on any atom is -0.336 e. The van der Waals surface area contributed by atoms with Gasteiger partial charge in [-0.2, -0.15) is 5.26 Å². The number of guanidine groups is 1. The second kappa shape index (κ2) is 13.7. The SMILES string of the molecule is Cc1cc(C)cc(C(=O)N2CCN(C(=O)CCN3C[C@H]4C[C@H]3CN4C(=Nc3ccccc3)NC#N)[C@H](c3ccc(Cl)c(Cl)c3)C2)c1. The van der Waals surface area contributed by atoms with E-state index in [9.17, 15) is 14.9 Å². The zero-order valence-electron chi connectivity index (χ0n) is 26.0. The average molecular weight is 659 g/mol. The molecule has 46 heavy (non-hydrogen) atoms. The van der Waals surface area contributed by atoms with Crippen LogP contribution in [0, 0.1) is 25.3 Å². The molecule has 238 valence electrons. The highest BCUT2D eigenvalue weighted by atomic mass is 35.5. The molecule has 6 rings (SSSR count). The number of nitrogens with one attached hydrogen (secondary N) is 1. The van der Waals surface area contributed by atoms with Crippen LogP contribution in [0.4, 0.5) is 5.69 Å². The van der Waals surface area contributed by atoms with Gasteiger partial charge in [-0.1, -0.05) is 64.7 Å². The molecule has 3 fully saturated rings. The Morgan fingerprint density at radius 2 is 1.67 bits per heavy atom. The van der Waals surface area contributed by atoms with Gasteiger partial charge in [0.1, 0.15) is 0 Å². The number of carbonyl (C=O) groups is 2. The molecule has 0 saturated carbocycles. The fourth-order valence-electron chi connectivity index (χ4n) is 7.06. The van der Waals surface area contributed by atoms with E-state index in [2.05, 4.69) is 26.2 Å². The van der Waals surface area contributed by atoms with Gasteiger partial charge in [0.05, 0.1) is 21.8 Å². The van der Waals surface area contributed by atoms with Crippen molar-refractivity contribution in [3.8, 4) is 6.19 Å². The molecular weight excluding hydrogens is 621 g/mol. The molecular formula is C35H37Cl2N7O2. The summed E-state index contributed by atoms with van der Waals surface area (Å²) in [6.07, 6.45) is 3.36. The van der Waals surface area contributed by atoms with Crippen molar-refractivity contribution in [3.63, 3.8) is 0 Å². The Bertz CT molecular complexity index is 1670. The summed E-state index contributed by atoms with van der Waals surface area (Å²) in [5.74, 6) is 0.573. The van der Waals surface area contributed by atoms with Crippen LogP contribution in [0.2, 0.25) is 10.0 Å². The number of halogens is 2. The fraction of sp³-hybridized carbons (Fsp3) is 0.371. The summed E-state index contributed by atoms with van der Waals surface area (Å²) in [6, 6.07) is 21.1. The third-order valence-corrected chi connectivity index (χ3v) is 9.92. The molecule has 0 spiro atoms. The number of carbonyl (C=O) groups excluding carboxylic acids is 2. The molecule has 2 amide bonds. The number of nitriles is 1. The smallest absolute Gasteiger partial charge is 0.254 e. The van der Waals surface area contributed by atoms with Crippen LogP contribution < -0.4 is 5.32 Å². The highest BCUT2D eigenvalue weighted by Gasteiger charge is 2.45. The minimum absolute atomic E-state index is 0.0392. The lowest BCUT2D eigenvalue weighted by molar-refractivity contribution is -0.136. The van der Waals surface area contributed by atoms with Crippen LogP contribution in [0.25, 0.3) is 0 Å². The minimum atomic E-state index is -0.342. The van der Waals surface area contributed by atoms with Crippen LogP contribution in [-0.2, 0) is 4.79 Å². The zero-order valence-corrected chi connectivity index (χ0v) is 27.5. The number of nitrogens with zero attached hydrogens (tertiary/aromatic N) is 6. The molecule has 3 heterocycles. The molecule has 0 aliphatic carbocycles. The summed E-state index contributed by atoms with van der Waals surface area (Å²) in [6.45, 7) is 7.41. The van der Waals surface area contributed by atoms with Gasteiger partial charge in [0.25, 0.3) is 5.91 Å². The average Bonchev–Trinajstić information content (AvgIpc) is 3.65. The Morgan fingerprint density at radius 1 is 0.913 bits per heavy atom. The predicted molar refractivity (Wildman–Crippen MR) is 180 cm³/mol. The van der Waals surface area contributed by atoms with Crippen LogP contribution in [0.3, 0.4) is 0 Å². The number of para-hydroxylation sites is 1. The van der Waals surface area contributed by atoms with Gasteiger partial charge in [0, 0.05) is 63.3 Å². The van der Waals surface area contributed by atoms with Gasteiger partial charge in [-0.3, -0.25) is 19.8 Å². The normalized spacial score (nSPS) is 21.4. The van der Waals surface area contributed by atoms with Gasteiger partial charge in [-0.15, -0.1) is 0 Å². The number of aliphatic imine (C=N–C) groups is 1. The highest BCUT2D eigenvalue weighted by molar-refractivity contribution is 6.42. The monoisotopic (exact) mass is 657 g/mol. The maximum absolute atomic E-state index is 13.9. The van der Waals surface area contributed by atoms with E-state index in [1.807, 2.05) is 78.4 Å². The summed E-state index contributed by atoms with van der Waals surface area (Å²) in [4.78, 5) is 40.4. The standard InChI is InChI=1S/C35H37Cl2N7O2/c1-23-14-24(2)16-26(15-23)34(46)42-12-13-43(32(21-42)25-8-9-30(36)31(37)17-25)33(45)10-11-41-19-29-18-28(41)20-44(29)35(39-22-38)40-27-6-4-3-5-7-27/h3-9,14-17,28-29,32H,10-13,18-21H2,1-2H3,(H,39,40)/t28-,29+,32-/m0/s1. The maximum atomic E-state index is 13.9. The third-order valence-electron chi connectivity index (χ3n) is 9.18. The Morgan fingerprint density at radius 3 is 2.35 bits per heavy atom. The highest BCUT2D eigenvalue weighted by Crippen LogP contribution is 2.34. The van der Waals surface area contributed by atoms with Gasteiger partial charge >= 0.3 is 0 Å². The molecule has 0 unspecified atom stereocenters. The molecule has 9 nitrogen and oxygen atoms in total. The Labute approximate surface area is 280 Å². The quantitative estimate of drug-likeness (QED) is 0.162. The number of aryl methyl sites for hydroxylation is 2. The molecule has 3 aromatic carbocycles. The van der Waals surface area contributed by atoms with Crippen molar-refractivity contribution < 1.29 is 9.59 Å². The summed E-state index contributed by atoms with van der Waals surface area (Å²) < 4.78 is 0. The van der Waals surface area contributed by atoms with Gasteiger partial charge in [-0.25, -0.2) is 4.99 Å². The van der Waals surface area contributed by atoms with E-state index in [1.165, 1.54) is 0 Å². The number of benzene rings is 3. The topological polar surface area (TPSA) is 95.3 Å². The first-order valence-corrected chi connectivity index (χ1v) is 16.4. The molecule has 3 aromatic rings. The molecule has 11 heteroatoms. The number of likely N-dealkylation sites (tertiary alicyclic amines) is 2. The lowest BCUT2D eigenvalue weighted by atomic mass is 10.00. The molecule has 3 aliphatic rings. The summed E-state index contributed by atoms with van der Waals surface area (Å²) >= 11 is 12.7. The Kier molecular flexibility index (Phi) is 9.50. The van der Waals surface area contributed by atoms with Crippen molar-refractivity contribution in [2.75, 3.05) is 39.3 Å². The van der Waals surface area contributed by atoms with Crippen molar-refractivity contribution in [1.29, 1.82) is 5.26 Å². The summed E-state index contributed by atoms with van der Waals surface area (Å²) in [5, 5.41) is 13.0. The third kappa shape index (κ3) is 6.85. The van der Waals surface area contributed by atoms with Crippen molar-refractivity contribution in [1.82, 2.24) is 24.9 Å². The molecule has 0 radical (unpaired) electrons. The second-order valence-electron chi connectivity index (χ2n) is 12.4. The first-order chi connectivity index (χ1) is 22.2. The molecule has 3 aliphatic heterocycles. The van der Waals surface area contributed by atoms with Crippen LogP contribution in [0.5, 0.6) is 0 Å². The number of fused-ring (bicyclic) bond motifs is 2. The number of hydrogen-bond acceptors (Lipinski definition) is 5. The van der Waals surface area contributed by atoms with E-state index in [1.54, 1.807) is 12.1 Å². The first-order valence-electron chi connectivity index (χ1n) is 15.6. The summed E-state index contributed by atoms with van der Waals surface area (Å²) in [7, 11) is 0. The lowest BCUT2D eigenvalue weighted by Crippen LogP contribution is -2.54. The number of piperazine rings is 2. The van der Waals surface area contributed by atoms with E-state index < -0.39 is 0 Å². The zero-order chi connectivity index (χ0) is 32.4. The Balaban J connectivity index is 1.12. The summed E-state index contributed by atoms with van der Waals surface area (Å²) in [5.41, 5.74) is 4.38. The Hall–Kier alpha value is -4.10. The fourth-order valence-corrected chi connectivity index (χ4v) is 7.36. The van der Waals surface area contributed by atoms with Crippen molar-refractivity contribution in [3.05, 3.63) is 99.0 Å². The van der Waals surface area contributed by atoms with E-state index in [-0.39, 0.29) is 29.9 Å². The number of hydrogen-bond donors (Lipinski definition) is 1. The van der Waals surface area contributed by atoms with Crippen molar-refractivity contribution in [2.24, 2.45) is 4.99 Å². The van der Waals surface area contributed by atoms with Crippen LogP contribution in [0.1, 0.15) is 45.9 Å². The molecule has 1 N–H and O–H groups in total. The van der Waals surface area contributed by atoms with Crippen LogP contribution >= 0.6 is 23.2 Å². The van der Waals surface area contributed by atoms with Crippen molar-refractivity contribution >= 4 is 46.7 Å². The lowest BCUT2D eigenvalue weighted by Gasteiger charge is -2.42. The van der Waals surface area contributed by atoms with Gasteiger partial charge in [0.15, 0.2) is 6.19 Å². The molecule has 3 saturated heterocycles. The van der Waals surface area contributed by atoms with Crippen molar-refractivity contribution in [2.45, 2.75) is 44.8 Å². The molecule has 0 aromatic heterocycles. The van der Waals surface area contributed by atoms with E-state index in [0.29, 0.717) is 54.2 Å². The number of amides is 2. The largest absolute Gasteiger partial charge is 0.336 e. The van der Waals surface area contributed by atoms with E-state index in [0.717, 1.165) is 41.9 Å². The molecule has 2 bridgehead atoms. The van der Waals surface area contributed by atoms with Gasteiger partial charge < -0.3 is 14.7 Å². The van der Waals surface area contributed by atoms with Gasteiger partial charge in [-0.05, 0) is 62.2 Å². The van der Waals surface area contributed by atoms with E-state index >= 15 is 0 Å². The second-order valence-corrected chi connectivity index (χ2v) is 13.2. The van der Waals surface area contributed by atoms with Gasteiger partial charge in [0.2, 0.25) is 11.9 Å². The first kappa shape index (κ1) is 31.9. The maximum Gasteiger partial charge on any atom is 0.254 e.